The van der Waals surface area contributed by atoms with Crippen molar-refractivity contribution in [1.29, 1.82) is 0 Å². The molecular weight excluding hydrogens is 545 g/mol. The molecule has 43 heavy (non-hydrogen) atoms. The molecule has 1 aliphatic heterocycles. The van der Waals surface area contributed by atoms with E-state index in [4.69, 9.17) is 13.9 Å². The first-order valence-electron chi connectivity index (χ1n) is 16.9. The van der Waals surface area contributed by atoms with Crippen LogP contribution in [0.5, 0.6) is 0 Å². The number of rotatable bonds is 16. The molecule has 0 aliphatic carbocycles. The zero-order valence-corrected chi connectivity index (χ0v) is 28.5. The molecular formula is C39H56O3Si. The highest BCUT2D eigenvalue weighted by Gasteiger charge is 2.51. The van der Waals surface area contributed by atoms with Crippen LogP contribution >= 0.6 is 0 Å². The molecule has 234 valence electrons. The van der Waals surface area contributed by atoms with Gasteiger partial charge in [-0.1, -0.05) is 101 Å². The Kier molecular flexibility index (Phi) is 16.2. The average molecular weight is 601 g/mol. The summed E-state index contributed by atoms with van der Waals surface area (Å²) >= 11 is 0. The first-order valence-corrected chi connectivity index (χ1v) is 18.8. The van der Waals surface area contributed by atoms with Crippen LogP contribution in [0.1, 0.15) is 118 Å². The molecule has 1 fully saturated rings. The molecule has 4 heteroatoms. The monoisotopic (exact) mass is 600 g/mol. The van der Waals surface area contributed by atoms with Crippen molar-refractivity contribution in [2.24, 2.45) is 0 Å². The van der Waals surface area contributed by atoms with Crippen LogP contribution < -0.4 is 10.4 Å². The third-order valence-electron chi connectivity index (χ3n) is 8.30. The lowest BCUT2D eigenvalue weighted by Gasteiger charge is -2.45. The number of hydrogen-bond donors (Lipinski definition) is 0. The van der Waals surface area contributed by atoms with Crippen molar-refractivity contribution in [3.8, 4) is 23.7 Å². The maximum Gasteiger partial charge on any atom is 0.261 e. The molecule has 1 saturated heterocycles. The van der Waals surface area contributed by atoms with Crippen LogP contribution in [0, 0.1) is 23.7 Å². The van der Waals surface area contributed by atoms with E-state index in [9.17, 15) is 0 Å². The molecule has 3 nitrogen and oxygen atoms in total. The van der Waals surface area contributed by atoms with Crippen LogP contribution in [-0.4, -0.2) is 33.9 Å². The molecule has 0 saturated carbocycles. The molecule has 2 aromatic carbocycles. The number of hydrogen-bond acceptors (Lipinski definition) is 3. The Morgan fingerprint density at radius 1 is 0.767 bits per heavy atom. The molecule has 2 unspecified atom stereocenters. The SMILES string of the molecule is CCC(CCC#CCCCCCCC#CCCCOC1CCCCO1)O[Si](c1ccccc1)(c1ccccc1)C(C)(C)C. The number of unbranched alkanes of at least 4 members (excludes halogenated alkanes) is 6. The summed E-state index contributed by atoms with van der Waals surface area (Å²) in [6.45, 7) is 10.9. The minimum atomic E-state index is -2.52. The second-order valence-corrected chi connectivity index (χ2v) is 17.0. The molecule has 1 heterocycles. The Balaban J connectivity index is 1.34. The molecule has 0 N–H and O–H groups in total. The fourth-order valence-corrected chi connectivity index (χ4v) is 10.7. The second kappa shape index (κ2) is 19.8. The average Bonchev–Trinajstić information content (AvgIpc) is 3.03. The van der Waals surface area contributed by atoms with E-state index in [1.807, 2.05) is 0 Å². The highest BCUT2D eigenvalue weighted by atomic mass is 28.4. The number of benzene rings is 2. The molecule has 0 spiro atoms. The highest BCUT2D eigenvalue weighted by Crippen LogP contribution is 2.38. The molecule has 2 aromatic rings. The van der Waals surface area contributed by atoms with Gasteiger partial charge in [-0.25, -0.2) is 0 Å². The van der Waals surface area contributed by atoms with E-state index in [0.717, 1.165) is 64.6 Å². The van der Waals surface area contributed by atoms with Gasteiger partial charge in [0.05, 0.1) is 6.61 Å². The zero-order valence-electron chi connectivity index (χ0n) is 27.5. The lowest BCUT2D eigenvalue weighted by atomic mass is 10.1. The molecule has 0 amide bonds. The van der Waals surface area contributed by atoms with Crippen molar-refractivity contribution in [2.75, 3.05) is 13.2 Å². The summed E-state index contributed by atoms with van der Waals surface area (Å²) in [5, 5.41) is 2.69. The van der Waals surface area contributed by atoms with Crippen molar-refractivity contribution in [3.05, 3.63) is 60.7 Å². The Bertz CT molecular complexity index is 1090. The van der Waals surface area contributed by atoms with E-state index < -0.39 is 8.32 Å². The van der Waals surface area contributed by atoms with Gasteiger partial charge in [0, 0.05) is 38.4 Å². The normalized spacial score (nSPS) is 16.0. The second-order valence-electron chi connectivity index (χ2n) is 12.7. The van der Waals surface area contributed by atoms with Gasteiger partial charge in [0.25, 0.3) is 8.32 Å². The van der Waals surface area contributed by atoms with Crippen LogP contribution in [0.4, 0.5) is 0 Å². The molecule has 2 atom stereocenters. The van der Waals surface area contributed by atoms with E-state index >= 15 is 0 Å². The Labute approximate surface area is 264 Å². The van der Waals surface area contributed by atoms with Crippen molar-refractivity contribution in [2.45, 2.75) is 135 Å². The summed E-state index contributed by atoms with van der Waals surface area (Å²) in [5.74, 6) is 13.5. The Morgan fingerprint density at radius 3 is 1.84 bits per heavy atom. The lowest BCUT2D eigenvalue weighted by Crippen LogP contribution is -2.67. The number of ether oxygens (including phenoxy) is 2. The van der Waals surface area contributed by atoms with Gasteiger partial charge >= 0.3 is 0 Å². The predicted octanol–water partition coefficient (Wildman–Crippen LogP) is 8.79. The Hall–Kier alpha value is -2.34. The van der Waals surface area contributed by atoms with E-state index in [0.29, 0.717) is 0 Å². The van der Waals surface area contributed by atoms with E-state index in [1.54, 1.807) is 0 Å². The summed E-state index contributed by atoms with van der Waals surface area (Å²) in [5.41, 5.74) is 0. The van der Waals surface area contributed by atoms with E-state index in [2.05, 4.69) is 112 Å². The predicted molar refractivity (Wildman–Crippen MR) is 184 cm³/mol. The van der Waals surface area contributed by atoms with Crippen LogP contribution in [0.25, 0.3) is 0 Å². The van der Waals surface area contributed by atoms with Crippen LogP contribution in [0.3, 0.4) is 0 Å². The summed E-state index contributed by atoms with van der Waals surface area (Å²) in [6.07, 6.45) is 15.3. The standard InChI is InChI=1S/C39H56O3Si/c1-5-35(42-43(39(2,3)4,36-28-20-17-21-29-36)37-30-22-18-23-31-37)27-19-15-13-11-9-7-6-8-10-12-14-16-25-33-40-38-32-24-26-34-41-38/h17-18,20-23,28-31,35,38H,5-11,16,19,24-27,32-34H2,1-4H3. The van der Waals surface area contributed by atoms with Crippen molar-refractivity contribution in [3.63, 3.8) is 0 Å². The fraction of sp³-hybridized carbons (Fsp3) is 0.590. The molecule has 3 rings (SSSR count). The fourth-order valence-electron chi connectivity index (χ4n) is 5.87. The van der Waals surface area contributed by atoms with Gasteiger partial charge in [-0.3, -0.25) is 0 Å². The molecule has 0 radical (unpaired) electrons. The first kappa shape index (κ1) is 35.1. The van der Waals surface area contributed by atoms with Gasteiger partial charge in [0.15, 0.2) is 6.29 Å². The van der Waals surface area contributed by atoms with Gasteiger partial charge in [-0.2, -0.15) is 0 Å². The first-order chi connectivity index (χ1) is 21.0. The quantitative estimate of drug-likeness (QED) is 0.109. The third kappa shape index (κ3) is 11.9. The van der Waals surface area contributed by atoms with Gasteiger partial charge in [0.2, 0.25) is 0 Å². The van der Waals surface area contributed by atoms with Gasteiger partial charge in [-0.15, -0.1) is 23.7 Å². The smallest absolute Gasteiger partial charge is 0.261 e. The molecule has 0 bridgehead atoms. The maximum absolute atomic E-state index is 7.32. The van der Waals surface area contributed by atoms with Gasteiger partial charge in [-0.05, 0) is 66.8 Å². The van der Waals surface area contributed by atoms with Crippen LogP contribution in [0.15, 0.2) is 60.7 Å². The summed E-state index contributed by atoms with van der Waals surface area (Å²) in [4.78, 5) is 0. The van der Waals surface area contributed by atoms with Crippen LogP contribution in [0.2, 0.25) is 5.04 Å². The van der Waals surface area contributed by atoms with Crippen molar-refractivity contribution < 1.29 is 13.9 Å². The van der Waals surface area contributed by atoms with E-state index in [-0.39, 0.29) is 17.4 Å². The maximum atomic E-state index is 7.32. The largest absolute Gasteiger partial charge is 0.404 e. The minimum Gasteiger partial charge on any atom is -0.404 e. The summed E-state index contributed by atoms with van der Waals surface area (Å²) in [7, 11) is -2.52. The third-order valence-corrected chi connectivity index (χ3v) is 13.4. The highest BCUT2D eigenvalue weighted by molar-refractivity contribution is 6.99. The van der Waals surface area contributed by atoms with Crippen LogP contribution in [-0.2, 0) is 13.9 Å². The zero-order chi connectivity index (χ0) is 30.6. The van der Waals surface area contributed by atoms with E-state index in [1.165, 1.54) is 48.9 Å². The van der Waals surface area contributed by atoms with Crippen molar-refractivity contribution in [1.82, 2.24) is 0 Å². The Morgan fingerprint density at radius 2 is 1.33 bits per heavy atom. The minimum absolute atomic E-state index is 0.000667. The van der Waals surface area contributed by atoms with Gasteiger partial charge in [0.1, 0.15) is 0 Å². The lowest BCUT2D eigenvalue weighted by molar-refractivity contribution is -0.162. The summed E-state index contributed by atoms with van der Waals surface area (Å²) in [6, 6.07) is 21.9. The molecule has 0 aromatic heterocycles. The van der Waals surface area contributed by atoms with Gasteiger partial charge < -0.3 is 13.9 Å². The summed E-state index contributed by atoms with van der Waals surface area (Å²) < 4.78 is 18.7. The topological polar surface area (TPSA) is 27.7 Å². The van der Waals surface area contributed by atoms with Crippen molar-refractivity contribution >= 4 is 18.7 Å². The molecule has 1 aliphatic rings.